The molecule has 24 heavy (non-hydrogen) atoms. The third-order valence-corrected chi connectivity index (χ3v) is 6.29. The summed E-state index contributed by atoms with van der Waals surface area (Å²) in [6.07, 6.45) is -3.34. The molecule has 4 aromatic rings. The minimum Gasteiger partial charge on any atom is -0.389 e. The van der Waals surface area contributed by atoms with Gasteiger partial charge in [0.05, 0.1) is 10.9 Å². The lowest BCUT2D eigenvalue weighted by Gasteiger charge is -2.35. The lowest BCUT2D eigenvalue weighted by molar-refractivity contribution is -0.0687. The van der Waals surface area contributed by atoms with Crippen LogP contribution in [0.1, 0.15) is 22.1 Å². The second-order valence-corrected chi connectivity index (χ2v) is 7.55. The largest absolute Gasteiger partial charge is 0.389 e. The van der Waals surface area contributed by atoms with Crippen molar-refractivity contribution >= 4 is 48.2 Å². The number of hydrogen-bond donors (Lipinski definition) is 3. The number of aliphatic hydroxyl groups excluding tert-OH is 3. The van der Waals surface area contributed by atoms with E-state index in [0.29, 0.717) is 5.56 Å². The van der Waals surface area contributed by atoms with E-state index in [0.717, 1.165) is 21.7 Å². The van der Waals surface area contributed by atoms with E-state index in [1.54, 1.807) is 0 Å². The van der Waals surface area contributed by atoms with Gasteiger partial charge in [-0.05, 0) is 49.5 Å². The SMILES string of the molecule is O[C@@H]1[C@H](O)[C@@H](O)c2cc3ccc4cccc5ccc(c2[C@H]1Br)c3c45. The van der Waals surface area contributed by atoms with Crippen molar-refractivity contribution in [1.82, 2.24) is 0 Å². The first-order chi connectivity index (χ1) is 11.6. The molecule has 4 atom stereocenters. The molecular weight excluding hydrogens is 368 g/mol. The number of benzene rings is 4. The molecule has 1 aliphatic rings. The Morgan fingerprint density at radius 3 is 2.17 bits per heavy atom. The van der Waals surface area contributed by atoms with Crippen LogP contribution < -0.4 is 0 Å². The Kier molecular flexibility index (Phi) is 2.98. The van der Waals surface area contributed by atoms with Crippen molar-refractivity contribution in [3.8, 4) is 0 Å². The highest BCUT2D eigenvalue weighted by atomic mass is 79.9. The first kappa shape index (κ1) is 14.6. The number of hydrogen-bond acceptors (Lipinski definition) is 3. The van der Waals surface area contributed by atoms with Gasteiger partial charge in [0.1, 0.15) is 12.2 Å². The van der Waals surface area contributed by atoms with Crippen molar-refractivity contribution in [3.05, 3.63) is 59.7 Å². The van der Waals surface area contributed by atoms with E-state index in [9.17, 15) is 15.3 Å². The van der Waals surface area contributed by atoms with Gasteiger partial charge in [-0.2, -0.15) is 0 Å². The quantitative estimate of drug-likeness (QED) is 0.320. The summed E-state index contributed by atoms with van der Waals surface area (Å²) in [4.78, 5) is -0.421. The van der Waals surface area contributed by atoms with Gasteiger partial charge < -0.3 is 15.3 Å². The van der Waals surface area contributed by atoms with Crippen LogP contribution in [-0.2, 0) is 0 Å². The minimum atomic E-state index is -1.20. The molecule has 0 amide bonds. The third-order valence-electron chi connectivity index (χ3n) is 5.29. The predicted octanol–water partition coefficient (Wildman–Crippen LogP) is 3.79. The fraction of sp³-hybridized carbons (Fsp3) is 0.200. The predicted molar refractivity (Wildman–Crippen MR) is 98.8 cm³/mol. The summed E-state index contributed by atoms with van der Waals surface area (Å²) in [5.41, 5.74) is 1.55. The molecule has 1 aliphatic carbocycles. The zero-order chi connectivity index (χ0) is 16.6. The van der Waals surface area contributed by atoms with Gasteiger partial charge in [-0.15, -0.1) is 0 Å². The molecule has 0 aromatic heterocycles. The molecule has 0 radical (unpaired) electrons. The van der Waals surface area contributed by atoms with Crippen molar-refractivity contribution < 1.29 is 15.3 Å². The maximum absolute atomic E-state index is 10.5. The van der Waals surface area contributed by atoms with Gasteiger partial charge in [-0.1, -0.05) is 58.4 Å². The molecule has 0 fully saturated rings. The fourth-order valence-corrected chi connectivity index (χ4v) is 4.95. The summed E-state index contributed by atoms with van der Waals surface area (Å²) in [5, 5.41) is 37.7. The Hall–Kier alpha value is -1.72. The molecule has 0 aliphatic heterocycles. The molecule has 5 rings (SSSR count). The van der Waals surface area contributed by atoms with Crippen LogP contribution in [0.5, 0.6) is 0 Å². The van der Waals surface area contributed by atoms with Crippen molar-refractivity contribution in [2.45, 2.75) is 23.1 Å². The average Bonchev–Trinajstić information content (AvgIpc) is 2.62. The normalized spacial score (nSPS) is 27.2. The highest BCUT2D eigenvalue weighted by molar-refractivity contribution is 9.09. The van der Waals surface area contributed by atoms with E-state index < -0.39 is 23.1 Å². The van der Waals surface area contributed by atoms with Gasteiger partial charge in [0.25, 0.3) is 0 Å². The zero-order valence-corrected chi connectivity index (χ0v) is 14.2. The molecule has 0 bridgehead atoms. The number of halogens is 1. The summed E-state index contributed by atoms with van der Waals surface area (Å²) in [6, 6.07) is 16.5. The second kappa shape index (κ2) is 4.90. The van der Waals surface area contributed by atoms with Crippen LogP contribution in [0.25, 0.3) is 32.3 Å². The van der Waals surface area contributed by atoms with E-state index in [2.05, 4.69) is 46.3 Å². The standard InChI is InChI=1S/C20H15BrO3/c21-17-16-12-7-6-10-3-1-2-9-4-5-11(15(12)14(9)10)8-13(16)18(22)20(24)19(17)23/h1-8,17-20,22-24H/t17-,18+,19+,20-/m1/s1. The summed E-state index contributed by atoms with van der Waals surface area (Å²) < 4.78 is 0. The smallest absolute Gasteiger partial charge is 0.111 e. The van der Waals surface area contributed by atoms with Crippen LogP contribution in [-0.4, -0.2) is 27.5 Å². The maximum atomic E-state index is 10.5. The van der Waals surface area contributed by atoms with Crippen LogP contribution in [0.2, 0.25) is 0 Å². The molecule has 4 heteroatoms. The molecule has 0 saturated heterocycles. The Morgan fingerprint density at radius 2 is 1.42 bits per heavy atom. The monoisotopic (exact) mass is 382 g/mol. The first-order valence-corrected chi connectivity index (χ1v) is 8.88. The zero-order valence-electron chi connectivity index (χ0n) is 12.6. The number of rotatable bonds is 0. The Balaban J connectivity index is 2.01. The highest BCUT2D eigenvalue weighted by Gasteiger charge is 2.40. The highest BCUT2D eigenvalue weighted by Crippen LogP contribution is 2.48. The topological polar surface area (TPSA) is 60.7 Å². The Labute approximate surface area is 146 Å². The van der Waals surface area contributed by atoms with E-state index >= 15 is 0 Å². The average molecular weight is 383 g/mol. The van der Waals surface area contributed by atoms with Crippen molar-refractivity contribution in [2.75, 3.05) is 0 Å². The van der Waals surface area contributed by atoms with Crippen molar-refractivity contribution in [3.63, 3.8) is 0 Å². The lowest BCUT2D eigenvalue weighted by Crippen LogP contribution is -2.39. The molecule has 0 heterocycles. The van der Waals surface area contributed by atoms with E-state index in [1.165, 1.54) is 16.2 Å². The van der Waals surface area contributed by atoms with Gasteiger partial charge in [0, 0.05) is 0 Å². The van der Waals surface area contributed by atoms with Crippen LogP contribution >= 0.6 is 15.9 Å². The van der Waals surface area contributed by atoms with Crippen LogP contribution in [0.3, 0.4) is 0 Å². The van der Waals surface area contributed by atoms with Crippen molar-refractivity contribution in [1.29, 1.82) is 0 Å². The third kappa shape index (κ3) is 1.72. The molecule has 4 aromatic carbocycles. The number of aliphatic hydroxyl groups is 3. The van der Waals surface area contributed by atoms with Crippen LogP contribution in [0, 0.1) is 0 Å². The molecule has 0 unspecified atom stereocenters. The van der Waals surface area contributed by atoms with Gasteiger partial charge in [0.15, 0.2) is 0 Å². The first-order valence-electron chi connectivity index (χ1n) is 7.96. The summed E-state index contributed by atoms with van der Waals surface area (Å²) in [6.45, 7) is 0. The van der Waals surface area contributed by atoms with E-state index in [1.807, 2.05) is 18.2 Å². The van der Waals surface area contributed by atoms with E-state index in [4.69, 9.17) is 0 Å². The maximum Gasteiger partial charge on any atom is 0.111 e. The number of alkyl halides is 1. The Bertz CT molecular complexity index is 1070. The molecule has 3 nitrogen and oxygen atoms in total. The molecule has 120 valence electrons. The van der Waals surface area contributed by atoms with Crippen molar-refractivity contribution in [2.24, 2.45) is 0 Å². The number of fused-ring (bicyclic) bond motifs is 2. The lowest BCUT2D eigenvalue weighted by atomic mass is 9.80. The van der Waals surface area contributed by atoms with Crippen LogP contribution in [0.4, 0.5) is 0 Å². The van der Waals surface area contributed by atoms with Gasteiger partial charge >= 0.3 is 0 Å². The van der Waals surface area contributed by atoms with Gasteiger partial charge in [-0.25, -0.2) is 0 Å². The van der Waals surface area contributed by atoms with Crippen LogP contribution in [0.15, 0.2) is 48.5 Å². The Morgan fingerprint density at radius 1 is 0.750 bits per heavy atom. The molecule has 3 N–H and O–H groups in total. The summed E-state index contributed by atoms with van der Waals surface area (Å²) in [7, 11) is 0. The molecule has 0 saturated carbocycles. The molecular formula is C20H15BrO3. The minimum absolute atomic E-state index is 0.421. The fourth-order valence-electron chi connectivity index (χ4n) is 4.12. The summed E-state index contributed by atoms with van der Waals surface area (Å²) >= 11 is 3.53. The summed E-state index contributed by atoms with van der Waals surface area (Å²) in [5.74, 6) is 0. The second-order valence-electron chi connectivity index (χ2n) is 6.56. The van der Waals surface area contributed by atoms with E-state index in [-0.39, 0.29) is 0 Å². The molecule has 0 spiro atoms. The van der Waals surface area contributed by atoms with Gasteiger partial charge in [0.2, 0.25) is 0 Å². The van der Waals surface area contributed by atoms with Gasteiger partial charge in [-0.3, -0.25) is 0 Å².